The Morgan fingerprint density at radius 3 is 2.88 bits per heavy atom. The van der Waals surface area contributed by atoms with Crippen LogP contribution in [0, 0.1) is 0 Å². The van der Waals surface area contributed by atoms with Crippen LogP contribution in [0.15, 0.2) is 24.3 Å². The zero-order chi connectivity index (χ0) is 18.7. The van der Waals surface area contributed by atoms with Crippen molar-refractivity contribution in [1.82, 2.24) is 9.88 Å². The van der Waals surface area contributed by atoms with Gasteiger partial charge in [-0.25, -0.2) is 4.98 Å². The zero-order valence-electron chi connectivity index (χ0n) is 14.1. The van der Waals surface area contributed by atoms with Gasteiger partial charge in [-0.15, -0.1) is 11.3 Å². The highest BCUT2D eigenvalue weighted by atomic mass is 32.1. The number of halogens is 3. The van der Waals surface area contributed by atoms with Gasteiger partial charge in [-0.3, -0.25) is 15.0 Å². The number of ether oxygens (including phenoxy) is 1. The predicted octanol–water partition coefficient (Wildman–Crippen LogP) is 3.56. The number of carbonyl (C=O) groups is 1. The predicted molar refractivity (Wildman–Crippen MR) is 92.3 cm³/mol. The van der Waals surface area contributed by atoms with Crippen molar-refractivity contribution in [3.63, 3.8) is 0 Å². The lowest BCUT2D eigenvalue weighted by Gasteiger charge is -2.23. The van der Waals surface area contributed by atoms with Crippen molar-refractivity contribution in [2.24, 2.45) is 0 Å². The molecular formula is C17H18F3N3O2S. The molecule has 0 saturated heterocycles. The van der Waals surface area contributed by atoms with Crippen LogP contribution in [0.1, 0.15) is 23.1 Å². The van der Waals surface area contributed by atoms with Crippen LogP contribution >= 0.6 is 11.3 Å². The Balaban J connectivity index is 1.60. The molecule has 0 spiro atoms. The summed E-state index contributed by atoms with van der Waals surface area (Å²) in [7, 11) is 0. The number of para-hydroxylation sites is 1. The van der Waals surface area contributed by atoms with E-state index in [4.69, 9.17) is 4.74 Å². The average Bonchev–Trinajstić information content (AvgIpc) is 3.00. The summed E-state index contributed by atoms with van der Waals surface area (Å²) in [5.41, 5.74) is 0.0653. The summed E-state index contributed by atoms with van der Waals surface area (Å²) < 4.78 is 43.8. The number of benzene rings is 1. The number of nitrogens with one attached hydrogen (secondary N) is 1. The third-order valence-electron chi connectivity index (χ3n) is 4.06. The summed E-state index contributed by atoms with van der Waals surface area (Å²) in [5.74, 6) is -0.910. The number of thiazole rings is 1. The van der Waals surface area contributed by atoms with E-state index in [-0.39, 0.29) is 5.75 Å². The van der Waals surface area contributed by atoms with Crippen molar-refractivity contribution in [2.45, 2.75) is 26.1 Å². The molecule has 1 aliphatic rings. The molecule has 5 nitrogen and oxygen atoms in total. The molecule has 0 bridgehead atoms. The molecule has 1 aromatic heterocycles. The Bertz CT molecular complexity index is 792. The third kappa shape index (κ3) is 4.34. The van der Waals surface area contributed by atoms with Crippen LogP contribution < -0.4 is 10.1 Å². The number of hydrogen-bond acceptors (Lipinski definition) is 5. The van der Waals surface area contributed by atoms with Gasteiger partial charge in [0.05, 0.1) is 11.3 Å². The van der Waals surface area contributed by atoms with Crippen LogP contribution in [0.25, 0.3) is 0 Å². The Morgan fingerprint density at radius 1 is 1.38 bits per heavy atom. The number of carbonyl (C=O) groups excluding carboxylic acids is 1. The standard InChI is InChI=1S/C17H18F3N3O2S/c1-2-23-8-7-12-14(9-23)26-16(21-12)22-15(24)10-25-13-6-4-3-5-11(13)17(18,19)20/h3-6H,2,7-10H2,1H3,(H,21,22,24). The molecule has 1 aromatic carbocycles. The molecule has 1 amide bonds. The molecule has 0 aliphatic carbocycles. The minimum atomic E-state index is -4.54. The Morgan fingerprint density at radius 2 is 2.15 bits per heavy atom. The van der Waals surface area contributed by atoms with Crippen molar-refractivity contribution >= 4 is 22.4 Å². The van der Waals surface area contributed by atoms with Crippen molar-refractivity contribution in [2.75, 3.05) is 25.0 Å². The molecule has 2 aromatic rings. The first kappa shape index (κ1) is 18.7. The lowest BCUT2D eigenvalue weighted by Crippen LogP contribution is -2.29. The fourth-order valence-corrected chi connectivity index (χ4v) is 3.76. The highest BCUT2D eigenvalue weighted by molar-refractivity contribution is 7.15. The normalized spacial score (nSPS) is 14.8. The quantitative estimate of drug-likeness (QED) is 0.855. The van der Waals surface area contributed by atoms with E-state index in [0.29, 0.717) is 5.13 Å². The number of amides is 1. The fourth-order valence-electron chi connectivity index (χ4n) is 2.70. The van der Waals surface area contributed by atoms with Gasteiger partial charge in [0.25, 0.3) is 5.91 Å². The molecule has 0 unspecified atom stereocenters. The van der Waals surface area contributed by atoms with Crippen molar-refractivity contribution in [3.8, 4) is 5.75 Å². The number of nitrogens with zero attached hydrogens (tertiary/aromatic N) is 2. The zero-order valence-corrected chi connectivity index (χ0v) is 14.9. The number of fused-ring (bicyclic) bond motifs is 1. The number of rotatable bonds is 5. The van der Waals surface area contributed by atoms with Crippen molar-refractivity contribution < 1.29 is 22.7 Å². The van der Waals surface area contributed by atoms with E-state index in [2.05, 4.69) is 22.1 Å². The molecule has 9 heteroatoms. The lowest BCUT2D eigenvalue weighted by molar-refractivity contribution is -0.139. The van der Waals surface area contributed by atoms with E-state index in [0.717, 1.165) is 42.7 Å². The summed E-state index contributed by atoms with van der Waals surface area (Å²) in [6.07, 6.45) is -3.71. The first-order chi connectivity index (χ1) is 12.4. The van der Waals surface area contributed by atoms with Gasteiger partial charge in [-0.05, 0) is 18.7 Å². The fraction of sp³-hybridized carbons (Fsp3) is 0.412. The number of aromatic nitrogens is 1. The minimum absolute atomic E-state index is 0.368. The summed E-state index contributed by atoms with van der Waals surface area (Å²) in [6, 6.07) is 4.81. The lowest BCUT2D eigenvalue weighted by atomic mass is 10.2. The van der Waals surface area contributed by atoms with E-state index in [1.54, 1.807) is 0 Å². The number of anilines is 1. The van der Waals surface area contributed by atoms with Crippen LogP contribution in [0.5, 0.6) is 5.75 Å². The molecule has 0 radical (unpaired) electrons. The van der Waals surface area contributed by atoms with Crippen LogP contribution in [0.2, 0.25) is 0 Å². The second-order valence-corrected chi connectivity index (χ2v) is 6.92. The molecule has 1 N–H and O–H groups in total. The van der Waals surface area contributed by atoms with E-state index >= 15 is 0 Å². The summed E-state index contributed by atoms with van der Waals surface area (Å²) in [5, 5.41) is 3.05. The van der Waals surface area contributed by atoms with Gasteiger partial charge in [0.2, 0.25) is 0 Å². The molecular weight excluding hydrogens is 367 g/mol. The molecule has 2 heterocycles. The van der Waals surface area contributed by atoms with E-state index in [1.807, 2.05) is 0 Å². The third-order valence-corrected chi connectivity index (χ3v) is 5.05. The van der Waals surface area contributed by atoms with Crippen LogP contribution in [0.4, 0.5) is 18.3 Å². The minimum Gasteiger partial charge on any atom is -0.483 e. The van der Waals surface area contributed by atoms with Gasteiger partial charge in [-0.1, -0.05) is 19.1 Å². The van der Waals surface area contributed by atoms with Crippen molar-refractivity contribution in [1.29, 1.82) is 0 Å². The van der Waals surface area contributed by atoms with Crippen molar-refractivity contribution in [3.05, 3.63) is 40.4 Å². The topological polar surface area (TPSA) is 54.5 Å². The molecule has 26 heavy (non-hydrogen) atoms. The summed E-state index contributed by atoms with van der Waals surface area (Å²) >= 11 is 1.39. The van der Waals surface area contributed by atoms with Gasteiger partial charge in [0, 0.05) is 24.4 Å². The molecule has 0 fully saturated rings. The van der Waals surface area contributed by atoms with Crippen LogP contribution in [0.3, 0.4) is 0 Å². The number of alkyl halides is 3. The maximum atomic E-state index is 12.9. The molecule has 0 saturated carbocycles. The van der Waals surface area contributed by atoms with Gasteiger partial charge in [0.1, 0.15) is 5.75 Å². The van der Waals surface area contributed by atoms with E-state index < -0.39 is 24.3 Å². The second-order valence-electron chi connectivity index (χ2n) is 5.84. The van der Waals surface area contributed by atoms with E-state index in [9.17, 15) is 18.0 Å². The van der Waals surface area contributed by atoms with Gasteiger partial charge in [-0.2, -0.15) is 13.2 Å². The molecule has 1 aliphatic heterocycles. The van der Waals surface area contributed by atoms with Gasteiger partial charge >= 0.3 is 6.18 Å². The Labute approximate surface area is 152 Å². The highest BCUT2D eigenvalue weighted by Gasteiger charge is 2.34. The average molecular weight is 385 g/mol. The highest BCUT2D eigenvalue weighted by Crippen LogP contribution is 2.36. The Hall–Kier alpha value is -2.13. The number of hydrogen-bond donors (Lipinski definition) is 1. The molecule has 140 valence electrons. The van der Waals surface area contributed by atoms with Crippen LogP contribution in [-0.2, 0) is 23.9 Å². The van der Waals surface area contributed by atoms with Crippen LogP contribution in [-0.4, -0.2) is 35.5 Å². The Kier molecular flexibility index (Phi) is 5.47. The largest absolute Gasteiger partial charge is 0.483 e. The summed E-state index contributed by atoms with van der Waals surface area (Å²) in [4.78, 5) is 19.8. The summed E-state index contributed by atoms with van der Waals surface area (Å²) in [6.45, 7) is 4.25. The monoisotopic (exact) mass is 385 g/mol. The molecule has 0 atom stereocenters. The first-order valence-corrected chi connectivity index (χ1v) is 8.98. The maximum absolute atomic E-state index is 12.9. The van der Waals surface area contributed by atoms with Gasteiger partial charge in [0.15, 0.2) is 11.7 Å². The smallest absolute Gasteiger partial charge is 0.419 e. The maximum Gasteiger partial charge on any atom is 0.419 e. The second kappa shape index (κ2) is 7.63. The SMILES string of the molecule is CCN1CCc2nc(NC(=O)COc3ccccc3C(F)(F)F)sc2C1. The first-order valence-electron chi connectivity index (χ1n) is 8.16. The van der Waals surface area contributed by atoms with E-state index in [1.165, 1.54) is 29.5 Å². The molecule has 3 rings (SSSR count). The number of likely N-dealkylation sites (N-methyl/N-ethyl adjacent to an activating group) is 1. The van der Waals surface area contributed by atoms with Gasteiger partial charge < -0.3 is 4.74 Å².